The molecule has 0 radical (unpaired) electrons. The third kappa shape index (κ3) is 4.57. The van der Waals surface area contributed by atoms with Crippen molar-refractivity contribution in [3.05, 3.63) is 34.9 Å². The van der Waals surface area contributed by atoms with Crippen LogP contribution in [0, 0.1) is 0 Å². The topological polar surface area (TPSA) is 3.24 Å². The highest BCUT2D eigenvalue weighted by Gasteiger charge is 2.38. The van der Waals surface area contributed by atoms with Crippen molar-refractivity contribution in [1.82, 2.24) is 4.90 Å². The van der Waals surface area contributed by atoms with E-state index >= 15 is 0 Å². The lowest BCUT2D eigenvalue weighted by Crippen LogP contribution is -2.38. The van der Waals surface area contributed by atoms with E-state index < -0.39 is 5.92 Å². The molecule has 0 N–H and O–H groups in total. The zero-order chi connectivity index (χ0) is 15.1. The van der Waals surface area contributed by atoms with Crippen molar-refractivity contribution in [2.75, 3.05) is 13.6 Å². The second-order valence-electron chi connectivity index (χ2n) is 4.22. The predicted octanol–water partition coefficient (Wildman–Crippen LogP) is 4.84. The van der Waals surface area contributed by atoms with Gasteiger partial charge in [0, 0.05) is 12.1 Å². The minimum Gasteiger partial charge on any atom is -0.296 e. The summed E-state index contributed by atoms with van der Waals surface area (Å²) in [6, 6.07) is 5.29. The average Bonchev–Trinajstić information content (AvgIpc) is 2.41. The first-order valence-corrected chi connectivity index (χ1v) is 7.21. The molecule has 0 amide bonds. The first-order valence-electron chi connectivity index (χ1n) is 7.21. The summed E-state index contributed by atoms with van der Waals surface area (Å²) in [6.45, 7) is 10.5. The van der Waals surface area contributed by atoms with Crippen molar-refractivity contribution in [2.45, 2.75) is 53.5 Å². The van der Waals surface area contributed by atoms with Gasteiger partial charge in [-0.15, -0.1) is 0 Å². The van der Waals surface area contributed by atoms with Crippen molar-refractivity contribution in [3.63, 3.8) is 0 Å². The Morgan fingerprint density at radius 2 is 1.74 bits per heavy atom. The summed E-state index contributed by atoms with van der Waals surface area (Å²) in [4.78, 5) is 1.67. The first-order chi connectivity index (χ1) is 9.03. The van der Waals surface area contributed by atoms with Crippen molar-refractivity contribution >= 4 is 0 Å². The van der Waals surface area contributed by atoms with Gasteiger partial charge in [-0.05, 0) is 24.6 Å². The zero-order valence-corrected chi connectivity index (χ0v) is 13.1. The molecule has 0 bridgehead atoms. The van der Waals surface area contributed by atoms with E-state index in [9.17, 15) is 8.78 Å². The maximum atomic E-state index is 13.6. The Morgan fingerprint density at radius 1 is 1.16 bits per heavy atom. The molecule has 3 heteroatoms. The minimum atomic E-state index is -2.70. The monoisotopic (exact) mass is 271 g/mol. The predicted molar refractivity (Wildman–Crippen MR) is 78.7 cm³/mol. The number of rotatable bonds is 1. The lowest BCUT2D eigenvalue weighted by atomic mass is 9.94. The van der Waals surface area contributed by atoms with E-state index in [0.29, 0.717) is 6.54 Å². The molecule has 2 rings (SSSR count). The molecule has 1 nitrogen and oxygen atoms in total. The number of fused-ring (bicyclic) bond motifs is 1. The lowest BCUT2D eigenvalue weighted by molar-refractivity contribution is -0.0455. The molecule has 19 heavy (non-hydrogen) atoms. The van der Waals surface area contributed by atoms with Gasteiger partial charge in [0.2, 0.25) is 0 Å². The Hall–Kier alpha value is -0.960. The van der Waals surface area contributed by atoms with E-state index in [1.165, 1.54) is 0 Å². The Kier molecular flexibility index (Phi) is 7.84. The molecule has 1 aromatic carbocycles. The third-order valence-electron chi connectivity index (χ3n) is 2.88. The number of likely N-dealkylation sites (N-methyl/N-ethyl adjacent to an activating group) is 1. The Bertz CT molecular complexity index is 375. The molecule has 0 fully saturated rings. The molecule has 1 aliphatic heterocycles. The average molecular weight is 271 g/mol. The van der Waals surface area contributed by atoms with Gasteiger partial charge in [-0.2, -0.15) is 8.78 Å². The summed E-state index contributed by atoms with van der Waals surface area (Å²) < 4.78 is 27.3. The second-order valence-corrected chi connectivity index (χ2v) is 4.22. The van der Waals surface area contributed by atoms with E-state index in [2.05, 4.69) is 0 Å². The standard InChI is InChI=1S/C12H15F2N.2C2H6/c1-3-9-4-5-11-10(6-9)7-15(2)8-12(11,13)14;2*1-2/h4-6H,3,7-8H2,1-2H3;2*1-2H3. The highest BCUT2D eigenvalue weighted by molar-refractivity contribution is 5.37. The summed E-state index contributed by atoms with van der Waals surface area (Å²) in [5, 5.41) is 0. The zero-order valence-electron chi connectivity index (χ0n) is 13.1. The first kappa shape index (κ1) is 18.0. The van der Waals surface area contributed by atoms with Gasteiger partial charge in [-0.25, -0.2) is 0 Å². The summed E-state index contributed by atoms with van der Waals surface area (Å²) in [5.74, 6) is -2.70. The summed E-state index contributed by atoms with van der Waals surface area (Å²) in [5.41, 5.74) is 2.10. The maximum absolute atomic E-state index is 13.6. The van der Waals surface area contributed by atoms with Crippen molar-refractivity contribution in [1.29, 1.82) is 0 Å². The Morgan fingerprint density at radius 3 is 2.26 bits per heavy atom. The van der Waals surface area contributed by atoms with Gasteiger partial charge in [-0.1, -0.05) is 52.8 Å². The van der Waals surface area contributed by atoms with Crippen LogP contribution in [-0.4, -0.2) is 18.5 Å². The van der Waals surface area contributed by atoms with Crippen LogP contribution in [0.1, 0.15) is 51.3 Å². The van der Waals surface area contributed by atoms with E-state index in [1.807, 2.05) is 40.7 Å². The number of hydrogen-bond acceptors (Lipinski definition) is 1. The summed E-state index contributed by atoms with van der Waals surface area (Å²) in [7, 11) is 1.73. The quantitative estimate of drug-likeness (QED) is 0.706. The molecular weight excluding hydrogens is 244 g/mol. The van der Waals surface area contributed by atoms with Gasteiger partial charge in [0.25, 0.3) is 5.92 Å². The highest BCUT2D eigenvalue weighted by atomic mass is 19.3. The molecule has 0 spiro atoms. The number of nitrogens with zero attached hydrogens (tertiary/aromatic N) is 1. The molecule has 1 aromatic rings. The molecule has 110 valence electrons. The SMILES string of the molecule is CC.CC.CCc1ccc2c(c1)CN(C)CC2(F)F. The number of alkyl halides is 2. The lowest BCUT2D eigenvalue weighted by Gasteiger charge is -2.32. The second kappa shape index (κ2) is 8.26. The van der Waals surface area contributed by atoms with Crippen LogP contribution in [0.2, 0.25) is 0 Å². The number of benzene rings is 1. The van der Waals surface area contributed by atoms with E-state index in [4.69, 9.17) is 0 Å². The fourth-order valence-electron chi connectivity index (χ4n) is 2.13. The molecule has 1 heterocycles. The largest absolute Gasteiger partial charge is 0.296 e. The van der Waals surface area contributed by atoms with Gasteiger partial charge in [0.15, 0.2) is 0 Å². The number of hydrogen-bond donors (Lipinski definition) is 0. The fourth-order valence-corrected chi connectivity index (χ4v) is 2.13. The smallest absolute Gasteiger partial charge is 0.285 e. The fraction of sp³-hybridized carbons (Fsp3) is 0.625. The Balaban J connectivity index is 0.000000741. The minimum absolute atomic E-state index is 0.175. The van der Waals surface area contributed by atoms with Crippen LogP contribution in [0.4, 0.5) is 8.78 Å². The summed E-state index contributed by atoms with van der Waals surface area (Å²) in [6.07, 6.45) is 0.891. The number of halogens is 2. The van der Waals surface area contributed by atoms with Gasteiger partial charge >= 0.3 is 0 Å². The van der Waals surface area contributed by atoms with Crippen molar-refractivity contribution in [2.24, 2.45) is 0 Å². The number of aryl methyl sites for hydroxylation is 1. The van der Waals surface area contributed by atoms with E-state index in [1.54, 1.807) is 24.1 Å². The van der Waals surface area contributed by atoms with Crippen LogP contribution < -0.4 is 0 Å². The van der Waals surface area contributed by atoms with Crippen molar-refractivity contribution < 1.29 is 8.78 Å². The van der Waals surface area contributed by atoms with E-state index in [-0.39, 0.29) is 12.1 Å². The molecule has 1 aliphatic rings. The normalized spacial score (nSPS) is 16.4. The van der Waals surface area contributed by atoms with Gasteiger partial charge in [-0.3, -0.25) is 4.90 Å². The van der Waals surface area contributed by atoms with Crippen LogP contribution in [0.3, 0.4) is 0 Å². The Labute approximate surface area is 116 Å². The van der Waals surface area contributed by atoms with E-state index in [0.717, 1.165) is 17.5 Å². The molecule has 0 atom stereocenters. The summed E-state index contributed by atoms with van der Waals surface area (Å²) >= 11 is 0. The molecule has 0 aliphatic carbocycles. The maximum Gasteiger partial charge on any atom is 0.285 e. The van der Waals surface area contributed by atoms with Crippen LogP contribution in [-0.2, 0) is 18.9 Å². The van der Waals surface area contributed by atoms with Gasteiger partial charge in [0.05, 0.1) is 6.54 Å². The molecule has 0 saturated carbocycles. The third-order valence-corrected chi connectivity index (χ3v) is 2.88. The van der Waals surface area contributed by atoms with Gasteiger partial charge < -0.3 is 0 Å². The van der Waals surface area contributed by atoms with Crippen LogP contribution in [0.25, 0.3) is 0 Å². The van der Waals surface area contributed by atoms with Crippen molar-refractivity contribution in [3.8, 4) is 0 Å². The van der Waals surface area contributed by atoms with Crippen LogP contribution in [0.15, 0.2) is 18.2 Å². The van der Waals surface area contributed by atoms with Crippen LogP contribution >= 0.6 is 0 Å². The van der Waals surface area contributed by atoms with Crippen LogP contribution in [0.5, 0.6) is 0 Å². The highest BCUT2D eigenvalue weighted by Crippen LogP contribution is 2.36. The molecular formula is C16H27F2N. The molecule has 0 saturated heterocycles. The molecule has 0 aromatic heterocycles. The van der Waals surface area contributed by atoms with Gasteiger partial charge in [0.1, 0.15) is 0 Å². The molecule has 0 unspecified atom stereocenters.